The zero-order valence-corrected chi connectivity index (χ0v) is 24.6. The fourth-order valence-corrected chi connectivity index (χ4v) is 5.55. The van der Waals surface area contributed by atoms with Crippen LogP contribution in [0.3, 0.4) is 0 Å². The third-order valence-corrected chi connectivity index (χ3v) is 7.67. The summed E-state index contributed by atoms with van der Waals surface area (Å²) in [7, 11) is 2.97. The first kappa shape index (κ1) is 29.6. The molecule has 4 rings (SSSR count). The summed E-state index contributed by atoms with van der Waals surface area (Å²) in [4.78, 5) is 45.5. The molecule has 1 aliphatic heterocycles. The Kier molecular flexibility index (Phi) is 8.97. The number of methoxy groups -OCH3 is 2. The van der Waals surface area contributed by atoms with Crippen molar-refractivity contribution in [2.75, 3.05) is 32.3 Å². The molecule has 11 heteroatoms. The number of ketones is 1. The summed E-state index contributed by atoms with van der Waals surface area (Å²) in [5, 5.41) is 11.7. The number of hydrogen-bond donors (Lipinski definition) is 1. The lowest BCUT2D eigenvalue weighted by atomic mass is 9.94. The summed E-state index contributed by atoms with van der Waals surface area (Å²) in [6.07, 6.45) is 0.837. The molecule has 2 heterocycles. The van der Waals surface area contributed by atoms with Crippen LogP contribution in [0.1, 0.15) is 58.4 Å². The van der Waals surface area contributed by atoms with Crippen molar-refractivity contribution in [3.8, 4) is 17.2 Å². The number of aryl methyl sites for hydroxylation is 2. The van der Waals surface area contributed by atoms with E-state index in [4.69, 9.17) is 18.9 Å². The number of nitrogens with zero attached hydrogens (tertiary/aromatic N) is 2. The molecule has 3 aromatic rings. The van der Waals surface area contributed by atoms with Crippen LogP contribution in [0.15, 0.2) is 42.0 Å². The number of aliphatic hydroxyl groups excluding tert-OH is 1. The second-order valence-electron chi connectivity index (χ2n) is 9.24. The normalized spacial score (nSPS) is 16.1. The Balaban J connectivity index is 1.91. The summed E-state index contributed by atoms with van der Waals surface area (Å²) < 4.78 is 21.7. The number of esters is 1. The first-order valence-electron chi connectivity index (χ1n) is 13.1. The quantitative estimate of drug-likeness (QED) is 0.146. The van der Waals surface area contributed by atoms with E-state index in [0.717, 1.165) is 23.3 Å². The second kappa shape index (κ2) is 12.4. The minimum Gasteiger partial charge on any atom is -0.507 e. The highest BCUT2D eigenvalue weighted by molar-refractivity contribution is 7.17. The largest absolute Gasteiger partial charge is 0.507 e. The Morgan fingerprint density at radius 2 is 1.73 bits per heavy atom. The molecule has 1 saturated heterocycles. The lowest BCUT2D eigenvalue weighted by Gasteiger charge is -2.24. The van der Waals surface area contributed by atoms with Crippen molar-refractivity contribution in [3.63, 3.8) is 0 Å². The minimum atomic E-state index is -1.08. The molecule has 0 saturated carbocycles. The topological polar surface area (TPSA) is 124 Å². The number of thiazole rings is 1. The van der Waals surface area contributed by atoms with Gasteiger partial charge in [0.1, 0.15) is 16.4 Å². The molecule has 0 radical (unpaired) electrons. The van der Waals surface area contributed by atoms with Crippen molar-refractivity contribution in [1.29, 1.82) is 0 Å². The van der Waals surface area contributed by atoms with Gasteiger partial charge in [0.2, 0.25) is 0 Å². The van der Waals surface area contributed by atoms with Gasteiger partial charge in [-0.15, -0.1) is 0 Å². The minimum absolute atomic E-state index is 0.117. The SMILES string of the molecule is CCCOc1ccc(/C(O)=C2/C(=O)C(=O)N(c3nc(C)c(C(=O)OCC)s3)C2c2ccc(OC)c(OC)c2)cc1C. The number of benzene rings is 2. The Hall–Kier alpha value is -4.38. The van der Waals surface area contributed by atoms with Crippen molar-refractivity contribution in [2.45, 2.75) is 40.2 Å². The summed E-state index contributed by atoms with van der Waals surface area (Å²) in [5.41, 5.74) is 1.80. The van der Waals surface area contributed by atoms with Gasteiger partial charge in [-0.1, -0.05) is 24.3 Å². The maximum atomic E-state index is 13.6. The van der Waals surface area contributed by atoms with E-state index in [1.54, 1.807) is 50.2 Å². The predicted molar refractivity (Wildman–Crippen MR) is 154 cm³/mol. The fraction of sp³-hybridized carbons (Fsp3) is 0.333. The van der Waals surface area contributed by atoms with Crippen molar-refractivity contribution in [3.05, 3.63) is 69.2 Å². The molecule has 0 aliphatic carbocycles. The number of Topliss-reactive ketones (excluding diaryl/α,β-unsaturated/α-hetero) is 1. The number of hydrogen-bond acceptors (Lipinski definition) is 10. The van der Waals surface area contributed by atoms with Gasteiger partial charge in [0.05, 0.1) is 44.7 Å². The monoisotopic (exact) mass is 580 g/mol. The predicted octanol–water partition coefficient (Wildman–Crippen LogP) is 5.37. The summed E-state index contributed by atoms with van der Waals surface area (Å²) in [6.45, 7) is 7.86. The zero-order valence-electron chi connectivity index (χ0n) is 23.8. The molecule has 10 nitrogen and oxygen atoms in total. The number of carbonyl (C=O) groups excluding carboxylic acids is 3. The molecule has 0 bridgehead atoms. The molecule has 1 aliphatic rings. The van der Waals surface area contributed by atoms with E-state index < -0.39 is 23.7 Å². The van der Waals surface area contributed by atoms with Gasteiger partial charge < -0.3 is 24.1 Å². The average Bonchev–Trinajstić information content (AvgIpc) is 3.47. The molecule has 0 spiro atoms. The maximum Gasteiger partial charge on any atom is 0.350 e. The van der Waals surface area contributed by atoms with Crippen LogP contribution >= 0.6 is 11.3 Å². The van der Waals surface area contributed by atoms with Crippen molar-refractivity contribution < 1.29 is 38.4 Å². The lowest BCUT2D eigenvalue weighted by Crippen LogP contribution is -2.29. The molecule has 2 aromatic carbocycles. The van der Waals surface area contributed by atoms with Gasteiger partial charge >= 0.3 is 11.9 Å². The number of aliphatic hydroxyl groups is 1. The number of ether oxygens (including phenoxy) is 4. The molecule has 1 aromatic heterocycles. The van der Waals surface area contributed by atoms with E-state index >= 15 is 0 Å². The Labute approximate surface area is 242 Å². The third-order valence-electron chi connectivity index (χ3n) is 6.53. The van der Waals surface area contributed by atoms with E-state index in [1.807, 2.05) is 13.8 Å². The number of amides is 1. The highest BCUT2D eigenvalue weighted by Crippen LogP contribution is 2.45. The number of anilines is 1. The standard InChI is InChI=1S/C30H32N2O8S/c1-7-13-40-20-11-10-19(14-16(20)3)25(33)23-24(18-9-12-21(37-5)22(15-18)38-6)32(28(35)26(23)34)30-31-17(4)27(41-30)29(36)39-8-2/h9-12,14-15,24,33H,7-8,13H2,1-6H3/b25-23-. The van der Waals surface area contributed by atoms with Crippen molar-refractivity contribution in [2.24, 2.45) is 0 Å². The van der Waals surface area contributed by atoms with Gasteiger partial charge in [-0.05, 0) is 68.7 Å². The summed E-state index contributed by atoms with van der Waals surface area (Å²) >= 11 is 0.939. The fourth-order valence-electron chi connectivity index (χ4n) is 4.57. The molecule has 1 N–H and O–H groups in total. The molecular formula is C30H32N2O8S. The van der Waals surface area contributed by atoms with E-state index in [2.05, 4.69) is 4.98 Å². The zero-order chi connectivity index (χ0) is 29.8. The van der Waals surface area contributed by atoms with Crippen LogP contribution in [0, 0.1) is 13.8 Å². The van der Waals surface area contributed by atoms with Crippen LogP contribution in [0.25, 0.3) is 5.76 Å². The van der Waals surface area contributed by atoms with Gasteiger partial charge in [0.25, 0.3) is 5.78 Å². The number of aromatic nitrogens is 1. The van der Waals surface area contributed by atoms with Crippen LogP contribution in [0.5, 0.6) is 17.2 Å². The molecule has 216 valence electrons. The lowest BCUT2D eigenvalue weighted by molar-refractivity contribution is -0.132. The van der Waals surface area contributed by atoms with Gasteiger partial charge in [-0.2, -0.15) is 0 Å². The average molecular weight is 581 g/mol. The first-order valence-corrected chi connectivity index (χ1v) is 13.9. The van der Waals surface area contributed by atoms with Crippen LogP contribution in [0.4, 0.5) is 5.13 Å². The van der Waals surface area contributed by atoms with E-state index in [-0.39, 0.29) is 27.9 Å². The first-order chi connectivity index (χ1) is 19.7. The molecule has 41 heavy (non-hydrogen) atoms. The molecule has 1 atom stereocenters. The van der Waals surface area contributed by atoms with E-state index in [9.17, 15) is 19.5 Å². The van der Waals surface area contributed by atoms with Crippen molar-refractivity contribution in [1.82, 2.24) is 4.98 Å². The van der Waals surface area contributed by atoms with Gasteiger partial charge in [0.15, 0.2) is 16.6 Å². The van der Waals surface area contributed by atoms with Gasteiger partial charge in [-0.25, -0.2) is 9.78 Å². The second-order valence-corrected chi connectivity index (χ2v) is 10.2. The number of carbonyl (C=O) groups is 3. The van der Waals surface area contributed by atoms with Gasteiger partial charge in [0, 0.05) is 5.56 Å². The summed E-state index contributed by atoms with van der Waals surface area (Å²) in [5.74, 6) is -1.24. The third kappa shape index (κ3) is 5.62. The molecular weight excluding hydrogens is 548 g/mol. The highest BCUT2D eigenvalue weighted by atomic mass is 32.1. The van der Waals surface area contributed by atoms with Crippen LogP contribution < -0.4 is 19.1 Å². The smallest absolute Gasteiger partial charge is 0.350 e. The Bertz CT molecular complexity index is 1530. The van der Waals surface area contributed by atoms with E-state index in [1.165, 1.54) is 19.1 Å². The highest BCUT2D eigenvalue weighted by Gasteiger charge is 2.48. The van der Waals surface area contributed by atoms with Crippen LogP contribution in [0.2, 0.25) is 0 Å². The van der Waals surface area contributed by atoms with E-state index in [0.29, 0.717) is 40.7 Å². The molecule has 1 unspecified atom stereocenters. The van der Waals surface area contributed by atoms with Crippen LogP contribution in [-0.2, 0) is 14.3 Å². The Morgan fingerprint density at radius 3 is 2.37 bits per heavy atom. The molecule has 1 amide bonds. The van der Waals surface area contributed by atoms with Gasteiger partial charge in [-0.3, -0.25) is 14.5 Å². The maximum absolute atomic E-state index is 13.6. The number of rotatable bonds is 10. The summed E-state index contributed by atoms with van der Waals surface area (Å²) in [6, 6.07) is 8.94. The molecule has 1 fully saturated rings. The Morgan fingerprint density at radius 1 is 1.02 bits per heavy atom. The van der Waals surface area contributed by atoms with Crippen molar-refractivity contribution >= 4 is 39.9 Å². The van der Waals surface area contributed by atoms with Crippen LogP contribution in [-0.4, -0.2) is 55.2 Å².